The third-order valence-electron chi connectivity index (χ3n) is 3.20. The summed E-state index contributed by atoms with van der Waals surface area (Å²) in [6.07, 6.45) is 0. The van der Waals surface area contributed by atoms with Crippen molar-refractivity contribution < 1.29 is 4.74 Å². The van der Waals surface area contributed by atoms with Crippen molar-refractivity contribution in [3.63, 3.8) is 0 Å². The second kappa shape index (κ2) is 5.38. The normalized spacial score (nSPS) is 10.7. The van der Waals surface area contributed by atoms with E-state index < -0.39 is 0 Å². The number of nitrogen functional groups attached to an aromatic ring is 1. The summed E-state index contributed by atoms with van der Waals surface area (Å²) in [5.41, 5.74) is 11.5. The summed E-state index contributed by atoms with van der Waals surface area (Å²) in [6.45, 7) is 0.657. The smallest absolute Gasteiger partial charge is 0.123 e. The predicted molar refractivity (Wildman–Crippen MR) is 84.4 cm³/mol. The van der Waals surface area contributed by atoms with E-state index in [2.05, 4.69) is 10.3 Å². The van der Waals surface area contributed by atoms with Gasteiger partial charge < -0.3 is 15.8 Å². The van der Waals surface area contributed by atoms with Crippen LogP contribution in [0.25, 0.3) is 10.2 Å². The number of hydrogen-bond acceptors (Lipinski definition) is 5. The van der Waals surface area contributed by atoms with Crippen molar-refractivity contribution in [3.8, 4) is 5.75 Å². The first-order valence-electron chi connectivity index (χ1n) is 6.27. The van der Waals surface area contributed by atoms with Crippen LogP contribution in [-0.2, 0) is 6.54 Å². The lowest BCUT2D eigenvalue weighted by atomic mass is 10.2. The summed E-state index contributed by atoms with van der Waals surface area (Å²) < 4.78 is 6.44. The van der Waals surface area contributed by atoms with Gasteiger partial charge >= 0.3 is 0 Å². The number of nitrogens with one attached hydrogen (secondary N) is 1. The largest absolute Gasteiger partial charge is 0.496 e. The maximum absolute atomic E-state index is 6.15. The van der Waals surface area contributed by atoms with Crippen molar-refractivity contribution >= 4 is 32.9 Å². The molecule has 0 bridgehead atoms. The third kappa shape index (κ3) is 2.28. The summed E-state index contributed by atoms with van der Waals surface area (Å²) in [6, 6.07) is 12.0. The number of anilines is 2. The molecule has 0 amide bonds. The zero-order valence-electron chi connectivity index (χ0n) is 11.1. The maximum atomic E-state index is 6.15. The average molecular weight is 285 g/mol. The molecular formula is C15H15N3OS. The number of aromatic nitrogens is 1. The lowest BCUT2D eigenvalue weighted by Crippen LogP contribution is -2.04. The SMILES string of the molecule is COc1ccccc1CNc1ccc2scnc2c1N. The van der Waals surface area contributed by atoms with Crippen molar-refractivity contribution in [3.05, 3.63) is 47.5 Å². The molecule has 2 aromatic carbocycles. The second-order valence-corrected chi connectivity index (χ2v) is 5.28. The standard InChI is InChI=1S/C15H15N3OS/c1-19-12-5-3-2-4-10(12)8-17-11-6-7-13-15(14(11)16)18-9-20-13/h2-7,9,17H,8,16H2,1H3. The van der Waals surface area contributed by atoms with E-state index in [-0.39, 0.29) is 0 Å². The van der Waals surface area contributed by atoms with Crippen LogP contribution in [0.3, 0.4) is 0 Å². The molecule has 0 atom stereocenters. The Balaban J connectivity index is 1.85. The fourth-order valence-electron chi connectivity index (χ4n) is 2.15. The topological polar surface area (TPSA) is 60.2 Å². The molecule has 0 radical (unpaired) electrons. The number of para-hydroxylation sites is 1. The van der Waals surface area contributed by atoms with E-state index in [1.807, 2.05) is 41.9 Å². The van der Waals surface area contributed by atoms with E-state index >= 15 is 0 Å². The number of nitrogens with zero attached hydrogens (tertiary/aromatic N) is 1. The van der Waals surface area contributed by atoms with Crippen molar-refractivity contribution in [2.75, 3.05) is 18.2 Å². The highest BCUT2D eigenvalue weighted by atomic mass is 32.1. The Bertz CT molecular complexity index is 739. The molecule has 1 aromatic heterocycles. The Morgan fingerprint density at radius 2 is 2.10 bits per heavy atom. The second-order valence-electron chi connectivity index (χ2n) is 4.39. The van der Waals surface area contributed by atoms with Crippen LogP contribution in [0.5, 0.6) is 5.75 Å². The molecule has 0 aliphatic carbocycles. The van der Waals surface area contributed by atoms with Crippen LogP contribution in [-0.4, -0.2) is 12.1 Å². The number of fused-ring (bicyclic) bond motifs is 1. The Hall–Kier alpha value is -2.27. The van der Waals surface area contributed by atoms with Crippen LogP contribution in [0, 0.1) is 0 Å². The van der Waals surface area contributed by atoms with E-state index in [0.29, 0.717) is 12.2 Å². The fraction of sp³-hybridized carbons (Fsp3) is 0.133. The maximum Gasteiger partial charge on any atom is 0.123 e. The van der Waals surface area contributed by atoms with E-state index in [4.69, 9.17) is 10.5 Å². The number of rotatable bonds is 4. The molecule has 3 N–H and O–H groups in total. The van der Waals surface area contributed by atoms with Crippen LogP contribution in [0.15, 0.2) is 41.9 Å². The Kier molecular flexibility index (Phi) is 3.43. The Labute approximate surface area is 121 Å². The molecule has 1 heterocycles. The molecule has 20 heavy (non-hydrogen) atoms. The van der Waals surface area contributed by atoms with Gasteiger partial charge in [0.15, 0.2) is 0 Å². The highest BCUT2D eigenvalue weighted by Crippen LogP contribution is 2.30. The van der Waals surface area contributed by atoms with E-state index in [1.165, 1.54) is 0 Å². The summed E-state index contributed by atoms with van der Waals surface area (Å²) in [5.74, 6) is 0.869. The van der Waals surface area contributed by atoms with Crippen LogP contribution in [0.2, 0.25) is 0 Å². The molecule has 3 rings (SSSR count). The van der Waals surface area contributed by atoms with Gasteiger partial charge in [0.25, 0.3) is 0 Å². The molecule has 102 valence electrons. The molecule has 0 fully saturated rings. The average Bonchev–Trinajstić information content (AvgIpc) is 2.96. The number of methoxy groups -OCH3 is 1. The summed E-state index contributed by atoms with van der Waals surface area (Å²) >= 11 is 1.59. The summed E-state index contributed by atoms with van der Waals surface area (Å²) in [7, 11) is 1.68. The van der Waals surface area contributed by atoms with E-state index in [0.717, 1.165) is 27.2 Å². The predicted octanol–water partition coefficient (Wildman–Crippen LogP) is 3.50. The van der Waals surface area contributed by atoms with E-state index in [9.17, 15) is 0 Å². The number of thiazole rings is 1. The molecule has 0 spiro atoms. The van der Waals surface area contributed by atoms with Gasteiger partial charge in [-0.3, -0.25) is 0 Å². The summed E-state index contributed by atoms with van der Waals surface area (Å²) in [4.78, 5) is 4.30. The first kappa shape index (κ1) is 12.7. The first-order valence-corrected chi connectivity index (χ1v) is 7.15. The van der Waals surface area contributed by atoms with Crippen molar-refractivity contribution in [1.29, 1.82) is 0 Å². The zero-order valence-corrected chi connectivity index (χ0v) is 11.9. The lowest BCUT2D eigenvalue weighted by Gasteiger charge is -2.12. The van der Waals surface area contributed by atoms with Crippen molar-refractivity contribution in [1.82, 2.24) is 4.98 Å². The first-order chi connectivity index (χ1) is 9.79. The van der Waals surface area contributed by atoms with Crippen LogP contribution < -0.4 is 15.8 Å². The van der Waals surface area contributed by atoms with Gasteiger partial charge in [0.1, 0.15) is 11.3 Å². The molecule has 4 nitrogen and oxygen atoms in total. The van der Waals surface area contributed by atoms with Crippen molar-refractivity contribution in [2.45, 2.75) is 6.54 Å². The molecule has 0 saturated carbocycles. The minimum absolute atomic E-state index is 0.657. The molecular weight excluding hydrogens is 270 g/mol. The number of nitrogens with two attached hydrogens (primary N) is 1. The Morgan fingerprint density at radius 3 is 2.95 bits per heavy atom. The van der Waals surface area contributed by atoms with Crippen molar-refractivity contribution in [2.24, 2.45) is 0 Å². The lowest BCUT2D eigenvalue weighted by molar-refractivity contribution is 0.410. The van der Waals surface area contributed by atoms with Gasteiger partial charge in [-0.15, -0.1) is 11.3 Å². The molecule has 0 aliphatic heterocycles. The van der Waals surface area contributed by atoms with Gasteiger partial charge in [-0.1, -0.05) is 18.2 Å². The highest BCUT2D eigenvalue weighted by molar-refractivity contribution is 7.16. The molecule has 0 unspecified atom stereocenters. The van der Waals surface area contributed by atoms with Gasteiger partial charge in [0.2, 0.25) is 0 Å². The van der Waals surface area contributed by atoms with Gasteiger partial charge in [-0.2, -0.15) is 0 Å². The zero-order chi connectivity index (χ0) is 13.9. The molecule has 3 aromatic rings. The Morgan fingerprint density at radius 1 is 1.25 bits per heavy atom. The van der Waals surface area contributed by atoms with Gasteiger partial charge in [-0.25, -0.2) is 4.98 Å². The van der Waals surface area contributed by atoms with Crippen LogP contribution in [0.4, 0.5) is 11.4 Å². The quantitative estimate of drug-likeness (QED) is 0.720. The summed E-state index contributed by atoms with van der Waals surface area (Å²) in [5, 5.41) is 3.35. The van der Waals surface area contributed by atoms with Crippen LogP contribution in [0.1, 0.15) is 5.56 Å². The molecule has 0 saturated heterocycles. The van der Waals surface area contributed by atoms with Gasteiger partial charge in [0.05, 0.1) is 28.7 Å². The number of hydrogen-bond donors (Lipinski definition) is 2. The monoisotopic (exact) mass is 285 g/mol. The van der Waals surface area contributed by atoms with Gasteiger partial charge in [0, 0.05) is 12.1 Å². The van der Waals surface area contributed by atoms with Crippen LogP contribution >= 0.6 is 11.3 Å². The van der Waals surface area contributed by atoms with E-state index in [1.54, 1.807) is 18.4 Å². The highest BCUT2D eigenvalue weighted by Gasteiger charge is 2.07. The minimum Gasteiger partial charge on any atom is -0.496 e. The molecule has 5 heteroatoms. The minimum atomic E-state index is 0.657. The van der Waals surface area contributed by atoms with Gasteiger partial charge in [-0.05, 0) is 18.2 Å². The third-order valence-corrected chi connectivity index (χ3v) is 4.00. The number of ether oxygens (including phenoxy) is 1. The fourth-order valence-corrected chi connectivity index (χ4v) is 2.84. The number of benzene rings is 2. The molecule has 0 aliphatic rings.